The van der Waals surface area contributed by atoms with E-state index < -0.39 is 0 Å². The van der Waals surface area contributed by atoms with Crippen LogP contribution in [-0.4, -0.2) is 13.2 Å². The third kappa shape index (κ3) is 4.66. The van der Waals surface area contributed by atoms with Gasteiger partial charge in [0, 0.05) is 5.02 Å². The summed E-state index contributed by atoms with van der Waals surface area (Å²) in [5.74, 6) is 1.49. The lowest BCUT2D eigenvalue weighted by Crippen LogP contribution is -2.04. The molecule has 0 heterocycles. The number of benzene rings is 2. The first kappa shape index (κ1) is 15.7. The van der Waals surface area contributed by atoms with Crippen LogP contribution in [0.1, 0.15) is 18.1 Å². The molecule has 2 rings (SSSR count). The normalized spacial score (nSPS) is 10.4. The molecule has 0 atom stereocenters. The zero-order valence-corrected chi connectivity index (χ0v) is 12.9. The van der Waals surface area contributed by atoms with Crippen LogP contribution in [0.25, 0.3) is 0 Å². The molecule has 0 saturated heterocycles. The van der Waals surface area contributed by atoms with Crippen molar-refractivity contribution in [3.05, 3.63) is 58.6 Å². The van der Waals surface area contributed by atoms with E-state index in [1.807, 2.05) is 49.4 Å². The minimum absolute atomic E-state index is 0.455. The maximum absolute atomic E-state index is 5.97. The van der Waals surface area contributed by atoms with Crippen LogP contribution in [0.4, 0.5) is 0 Å². The molecule has 0 spiro atoms. The van der Waals surface area contributed by atoms with Gasteiger partial charge < -0.3 is 15.2 Å². The molecule has 4 heteroatoms. The molecule has 0 radical (unpaired) electrons. The summed E-state index contributed by atoms with van der Waals surface area (Å²) in [5.41, 5.74) is 7.76. The van der Waals surface area contributed by atoms with E-state index in [1.54, 1.807) is 0 Å². The van der Waals surface area contributed by atoms with Crippen LogP contribution in [0.15, 0.2) is 42.5 Å². The molecule has 0 saturated carbocycles. The number of hydrogen-bond acceptors (Lipinski definition) is 3. The van der Waals surface area contributed by atoms with Gasteiger partial charge in [-0.15, -0.1) is 0 Å². The topological polar surface area (TPSA) is 44.5 Å². The fourth-order valence-corrected chi connectivity index (χ4v) is 2.26. The fraction of sp³-hybridized carbons (Fsp3) is 0.294. The standard InChI is InChI=1S/C17H20ClNO2/c1-2-20-17-11-13(8-9-19)6-7-16(17)21-12-14-4-3-5-15(18)10-14/h3-7,10-11H,2,8-9,12,19H2,1H3. The van der Waals surface area contributed by atoms with E-state index in [1.165, 1.54) is 0 Å². The monoisotopic (exact) mass is 305 g/mol. The lowest BCUT2D eigenvalue weighted by Gasteiger charge is -2.13. The van der Waals surface area contributed by atoms with Crippen molar-refractivity contribution in [1.82, 2.24) is 0 Å². The highest BCUT2D eigenvalue weighted by atomic mass is 35.5. The molecule has 0 fully saturated rings. The molecule has 0 aromatic heterocycles. The summed E-state index contributed by atoms with van der Waals surface area (Å²) in [7, 11) is 0. The second-order valence-corrected chi connectivity index (χ2v) is 5.11. The molecule has 0 aliphatic rings. The van der Waals surface area contributed by atoms with Gasteiger partial charge in [-0.2, -0.15) is 0 Å². The van der Waals surface area contributed by atoms with Gasteiger partial charge in [0.2, 0.25) is 0 Å². The van der Waals surface area contributed by atoms with Gasteiger partial charge in [-0.05, 0) is 55.3 Å². The molecule has 0 aliphatic heterocycles. The van der Waals surface area contributed by atoms with Crippen LogP contribution in [0, 0.1) is 0 Å². The Morgan fingerprint density at radius 3 is 2.57 bits per heavy atom. The average Bonchev–Trinajstić information content (AvgIpc) is 2.47. The molecular formula is C17H20ClNO2. The highest BCUT2D eigenvalue weighted by Gasteiger charge is 2.07. The summed E-state index contributed by atoms with van der Waals surface area (Å²) in [6.07, 6.45) is 0.828. The number of halogens is 1. The molecule has 0 unspecified atom stereocenters. The van der Waals surface area contributed by atoms with E-state index in [-0.39, 0.29) is 0 Å². The van der Waals surface area contributed by atoms with Gasteiger partial charge in [0.1, 0.15) is 6.61 Å². The maximum atomic E-state index is 5.97. The van der Waals surface area contributed by atoms with Gasteiger partial charge in [-0.25, -0.2) is 0 Å². The average molecular weight is 306 g/mol. The molecule has 112 valence electrons. The Hall–Kier alpha value is -1.71. The van der Waals surface area contributed by atoms with Crippen LogP contribution in [-0.2, 0) is 13.0 Å². The van der Waals surface area contributed by atoms with Gasteiger partial charge in [0.05, 0.1) is 6.61 Å². The van der Waals surface area contributed by atoms with Gasteiger partial charge in [-0.3, -0.25) is 0 Å². The third-order valence-electron chi connectivity index (χ3n) is 3.02. The summed E-state index contributed by atoms with van der Waals surface area (Å²) in [5, 5.41) is 0.708. The Balaban J connectivity index is 2.11. The first-order valence-electron chi connectivity index (χ1n) is 7.06. The van der Waals surface area contributed by atoms with Crippen LogP contribution in [0.3, 0.4) is 0 Å². The minimum Gasteiger partial charge on any atom is -0.490 e. The summed E-state index contributed by atoms with van der Waals surface area (Å²) in [6, 6.07) is 13.6. The Morgan fingerprint density at radius 1 is 1.00 bits per heavy atom. The smallest absolute Gasteiger partial charge is 0.161 e. The highest BCUT2D eigenvalue weighted by molar-refractivity contribution is 6.30. The Labute approximate surface area is 130 Å². The van der Waals surface area contributed by atoms with Crippen molar-refractivity contribution in [2.45, 2.75) is 20.0 Å². The van der Waals surface area contributed by atoms with Crippen molar-refractivity contribution in [2.75, 3.05) is 13.2 Å². The minimum atomic E-state index is 0.455. The van der Waals surface area contributed by atoms with E-state index in [0.717, 1.165) is 29.0 Å². The van der Waals surface area contributed by atoms with Gasteiger partial charge in [-0.1, -0.05) is 29.8 Å². The van der Waals surface area contributed by atoms with Crippen molar-refractivity contribution in [2.24, 2.45) is 5.73 Å². The third-order valence-corrected chi connectivity index (χ3v) is 3.26. The van der Waals surface area contributed by atoms with E-state index in [0.29, 0.717) is 24.8 Å². The van der Waals surface area contributed by atoms with Crippen LogP contribution in [0.2, 0.25) is 5.02 Å². The predicted molar refractivity (Wildman–Crippen MR) is 86.2 cm³/mol. The lowest BCUT2D eigenvalue weighted by molar-refractivity contribution is 0.269. The molecular weight excluding hydrogens is 286 g/mol. The Morgan fingerprint density at radius 2 is 1.86 bits per heavy atom. The molecule has 0 amide bonds. The van der Waals surface area contributed by atoms with Crippen LogP contribution in [0.5, 0.6) is 11.5 Å². The maximum Gasteiger partial charge on any atom is 0.161 e. The van der Waals surface area contributed by atoms with Gasteiger partial charge in [0.15, 0.2) is 11.5 Å². The number of hydrogen-bond donors (Lipinski definition) is 1. The molecule has 2 aromatic rings. The summed E-state index contributed by atoms with van der Waals surface area (Å²) in [4.78, 5) is 0. The molecule has 2 N–H and O–H groups in total. The summed E-state index contributed by atoms with van der Waals surface area (Å²) < 4.78 is 11.5. The van der Waals surface area contributed by atoms with Crippen molar-refractivity contribution < 1.29 is 9.47 Å². The van der Waals surface area contributed by atoms with Crippen LogP contribution < -0.4 is 15.2 Å². The summed E-state index contributed by atoms with van der Waals surface area (Å²) >= 11 is 5.97. The van der Waals surface area contributed by atoms with E-state index in [2.05, 4.69) is 0 Å². The zero-order chi connectivity index (χ0) is 15.1. The molecule has 21 heavy (non-hydrogen) atoms. The van der Waals surface area contributed by atoms with Crippen molar-refractivity contribution in [1.29, 1.82) is 0 Å². The molecule has 0 aliphatic carbocycles. The number of ether oxygens (including phenoxy) is 2. The van der Waals surface area contributed by atoms with Crippen LogP contribution >= 0.6 is 11.6 Å². The molecule has 2 aromatic carbocycles. The first-order valence-corrected chi connectivity index (χ1v) is 7.43. The first-order chi connectivity index (χ1) is 10.2. The number of nitrogens with two attached hydrogens (primary N) is 1. The largest absolute Gasteiger partial charge is 0.490 e. The second kappa shape index (κ2) is 7.91. The predicted octanol–water partition coefficient (Wildman–Crippen LogP) is 3.82. The van der Waals surface area contributed by atoms with Gasteiger partial charge in [0.25, 0.3) is 0 Å². The van der Waals surface area contributed by atoms with E-state index >= 15 is 0 Å². The highest BCUT2D eigenvalue weighted by Crippen LogP contribution is 2.29. The molecule has 3 nitrogen and oxygen atoms in total. The van der Waals surface area contributed by atoms with Crippen molar-refractivity contribution >= 4 is 11.6 Å². The lowest BCUT2D eigenvalue weighted by atomic mass is 10.1. The second-order valence-electron chi connectivity index (χ2n) is 4.67. The van der Waals surface area contributed by atoms with E-state index in [9.17, 15) is 0 Å². The van der Waals surface area contributed by atoms with Gasteiger partial charge >= 0.3 is 0 Å². The summed E-state index contributed by atoms with van der Waals surface area (Å²) in [6.45, 7) is 3.63. The SMILES string of the molecule is CCOc1cc(CCN)ccc1OCc1cccc(Cl)c1. The Bertz CT molecular complexity index is 587. The fourth-order valence-electron chi connectivity index (χ4n) is 2.05. The Kier molecular flexibility index (Phi) is 5.90. The molecule has 0 bridgehead atoms. The van der Waals surface area contributed by atoms with E-state index in [4.69, 9.17) is 26.8 Å². The number of rotatable bonds is 7. The van der Waals surface area contributed by atoms with Crippen molar-refractivity contribution in [3.8, 4) is 11.5 Å². The quantitative estimate of drug-likeness (QED) is 0.846. The van der Waals surface area contributed by atoms with Crippen molar-refractivity contribution in [3.63, 3.8) is 0 Å². The zero-order valence-electron chi connectivity index (χ0n) is 12.1.